The van der Waals surface area contributed by atoms with E-state index >= 15 is 0 Å². The van der Waals surface area contributed by atoms with E-state index in [1.165, 1.54) is 51.1 Å². The van der Waals surface area contributed by atoms with Crippen LogP contribution in [0.15, 0.2) is 132 Å². The molecule has 0 saturated carbocycles. The molecule has 5 heterocycles. The molecule has 0 aliphatic rings. The zero-order valence-corrected chi connectivity index (χ0v) is 25.8. The van der Waals surface area contributed by atoms with E-state index in [4.69, 9.17) is 14.4 Å². The molecule has 0 amide bonds. The van der Waals surface area contributed by atoms with Gasteiger partial charge in [0.05, 0.1) is 15.7 Å². The molecule has 0 saturated heterocycles. The lowest BCUT2D eigenvalue weighted by Crippen LogP contribution is -2.03. The Morgan fingerprint density at radius 2 is 1.13 bits per heavy atom. The van der Waals surface area contributed by atoms with Gasteiger partial charge in [-0.2, -0.15) is 0 Å². The molecule has 0 unspecified atom stereocenters. The highest BCUT2D eigenvalue weighted by molar-refractivity contribution is 7.27. The molecule has 0 N–H and O–H groups in total. The predicted molar refractivity (Wildman–Crippen MR) is 195 cm³/mol. The Balaban J connectivity index is 1.33. The van der Waals surface area contributed by atoms with Crippen LogP contribution >= 0.6 is 22.7 Å². The van der Waals surface area contributed by atoms with Crippen LogP contribution in [0.5, 0.6) is 0 Å². The Bertz CT molecular complexity index is 3050. The van der Waals surface area contributed by atoms with Gasteiger partial charge in [0.25, 0.3) is 0 Å². The molecule has 4 nitrogen and oxygen atoms in total. The van der Waals surface area contributed by atoms with E-state index in [0.29, 0.717) is 11.5 Å². The highest BCUT2D eigenvalue weighted by atomic mass is 32.1. The van der Waals surface area contributed by atoms with Crippen LogP contribution in [-0.4, -0.2) is 14.5 Å². The van der Waals surface area contributed by atoms with Crippen molar-refractivity contribution in [1.29, 1.82) is 0 Å². The normalized spacial score (nSPS) is 12.3. The maximum Gasteiger partial charge on any atom is 0.236 e. The van der Waals surface area contributed by atoms with Crippen LogP contribution in [-0.2, 0) is 0 Å². The number of furan rings is 1. The fourth-order valence-corrected chi connectivity index (χ4v) is 9.69. The van der Waals surface area contributed by atoms with Gasteiger partial charge in [-0.1, -0.05) is 97.1 Å². The lowest BCUT2D eigenvalue weighted by atomic mass is 10.1. The Labute approximate surface area is 269 Å². The summed E-state index contributed by atoms with van der Waals surface area (Å²) in [7, 11) is 0. The number of hydrogen-bond acceptors (Lipinski definition) is 5. The van der Waals surface area contributed by atoms with Gasteiger partial charge in [-0.25, -0.2) is 9.97 Å². The minimum atomic E-state index is 0.642. The van der Waals surface area contributed by atoms with Crippen LogP contribution in [0.4, 0.5) is 0 Å². The molecule has 11 aromatic rings. The smallest absolute Gasteiger partial charge is 0.236 e. The van der Waals surface area contributed by atoms with Gasteiger partial charge in [0, 0.05) is 57.4 Å². The first-order valence-corrected chi connectivity index (χ1v) is 16.9. The third kappa shape index (κ3) is 3.22. The van der Waals surface area contributed by atoms with Crippen LogP contribution in [0.3, 0.4) is 0 Å². The van der Waals surface area contributed by atoms with Crippen LogP contribution < -0.4 is 0 Å². The van der Waals surface area contributed by atoms with Crippen molar-refractivity contribution in [3.05, 3.63) is 127 Å². The van der Waals surface area contributed by atoms with E-state index in [2.05, 4.69) is 114 Å². The monoisotopic (exact) mass is 623 g/mol. The average molecular weight is 624 g/mol. The second kappa shape index (κ2) is 9.01. The summed E-state index contributed by atoms with van der Waals surface area (Å²) in [6.07, 6.45) is 0. The highest BCUT2D eigenvalue weighted by Crippen LogP contribution is 2.45. The topological polar surface area (TPSA) is 43.9 Å². The van der Waals surface area contributed by atoms with Crippen LogP contribution in [0, 0.1) is 0 Å². The maximum atomic E-state index is 6.59. The quantitative estimate of drug-likeness (QED) is 0.192. The molecule has 6 heteroatoms. The van der Waals surface area contributed by atoms with Gasteiger partial charge < -0.3 is 4.42 Å². The first kappa shape index (κ1) is 24.7. The summed E-state index contributed by atoms with van der Waals surface area (Å²) in [5.74, 6) is 0.642. The summed E-state index contributed by atoms with van der Waals surface area (Å²) in [5.41, 5.74) is 6.43. The molecule has 11 rings (SSSR count). The van der Waals surface area contributed by atoms with Crippen molar-refractivity contribution in [3.8, 4) is 17.2 Å². The fourth-order valence-electron chi connectivity index (χ4n) is 7.23. The Morgan fingerprint density at radius 1 is 0.500 bits per heavy atom. The number of fused-ring (bicyclic) bond motifs is 13. The van der Waals surface area contributed by atoms with E-state index in [-0.39, 0.29) is 0 Å². The van der Waals surface area contributed by atoms with Gasteiger partial charge >= 0.3 is 0 Å². The SMILES string of the molecule is c1ccc2c(c1)oc1c(-c3cccc4c3sc3ccccc34)nc(-n3c4ccccc4c4ccc5c6ccccc6sc5c43)nc12. The summed E-state index contributed by atoms with van der Waals surface area (Å²) in [6.45, 7) is 0. The van der Waals surface area contributed by atoms with Crippen molar-refractivity contribution in [2.24, 2.45) is 0 Å². The first-order chi connectivity index (χ1) is 22.8. The number of benzene rings is 6. The van der Waals surface area contributed by atoms with Crippen LogP contribution in [0.2, 0.25) is 0 Å². The lowest BCUT2D eigenvalue weighted by molar-refractivity contribution is 0.666. The number of aromatic nitrogens is 3. The minimum Gasteiger partial charge on any atom is -0.452 e. The van der Waals surface area contributed by atoms with Crippen molar-refractivity contribution in [1.82, 2.24) is 14.5 Å². The van der Waals surface area contributed by atoms with Gasteiger partial charge in [0.1, 0.15) is 16.8 Å². The van der Waals surface area contributed by atoms with E-state index < -0.39 is 0 Å². The van der Waals surface area contributed by atoms with Gasteiger partial charge in [0.2, 0.25) is 5.95 Å². The second-order valence-electron chi connectivity index (χ2n) is 11.7. The zero-order valence-electron chi connectivity index (χ0n) is 24.2. The standard InChI is InChI=1S/C40H21N3OS2/c1-5-16-30-22(10-1)25-20-21-27-24-12-4-8-19-33(24)46-39(27)36(25)43(30)40-41-34-28-13-2-6-17-31(28)44-37(34)35(42-40)29-15-9-14-26-23-11-3-7-18-32(23)45-38(26)29/h1-21H. The Morgan fingerprint density at radius 3 is 1.96 bits per heavy atom. The number of rotatable bonds is 2. The molecule has 0 atom stereocenters. The number of nitrogens with zero attached hydrogens (tertiary/aromatic N) is 3. The zero-order chi connectivity index (χ0) is 29.9. The average Bonchev–Trinajstić information content (AvgIpc) is 3.86. The molecule has 0 bridgehead atoms. The van der Waals surface area contributed by atoms with Gasteiger partial charge in [-0.05, 0) is 30.3 Å². The molecular formula is C40H21N3OS2. The van der Waals surface area contributed by atoms with Crippen LogP contribution in [0.25, 0.3) is 101 Å². The van der Waals surface area contributed by atoms with Crippen molar-refractivity contribution in [3.63, 3.8) is 0 Å². The number of para-hydroxylation sites is 2. The maximum absolute atomic E-state index is 6.59. The fraction of sp³-hybridized carbons (Fsp3) is 0. The van der Waals surface area contributed by atoms with Gasteiger partial charge in [-0.3, -0.25) is 4.57 Å². The molecule has 46 heavy (non-hydrogen) atoms. The summed E-state index contributed by atoms with van der Waals surface area (Å²) in [6, 6.07) is 45.1. The molecule has 5 aromatic heterocycles. The first-order valence-electron chi connectivity index (χ1n) is 15.3. The van der Waals surface area contributed by atoms with Crippen LogP contribution in [0.1, 0.15) is 0 Å². The predicted octanol–water partition coefficient (Wildman–Crippen LogP) is 11.9. The van der Waals surface area contributed by atoms with Crippen molar-refractivity contribution in [2.45, 2.75) is 0 Å². The van der Waals surface area contributed by atoms with Crippen molar-refractivity contribution in [2.75, 3.05) is 0 Å². The Kier molecular flexibility index (Phi) is 4.84. The third-order valence-corrected chi connectivity index (χ3v) is 11.7. The molecular weight excluding hydrogens is 603 g/mol. The highest BCUT2D eigenvalue weighted by Gasteiger charge is 2.24. The lowest BCUT2D eigenvalue weighted by Gasteiger charge is -2.10. The van der Waals surface area contributed by atoms with E-state index in [1.54, 1.807) is 11.3 Å². The van der Waals surface area contributed by atoms with E-state index in [9.17, 15) is 0 Å². The summed E-state index contributed by atoms with van der Waals surface area (Å²) >= 11 is 3.64. The molecule has 0 radical (unpaired) electrons. The molecule has 0 aliphatic carbocycles. The summed E-state index contributed by atoms with van der Waals surface area (Å²) in [5, 5.41) is 8.38. The molecule has 0 spiro atoms. The summed E-state index contributed by atoms with van der Waals surface area (Å²) in [4.78, 5) is 10.8. The number of thiophene rings is 2. The van der Waals surface area contributed by atoms with E-state index in [1.807, 2.05) is 29.5 Å². The molecule has 0 fully saturated rings. The summed E-state index contributed by atoms with van der Waals surface area (Å²) < 4.78 is 13.8. The molecule has 6 aromatic carbocycles. The Hall–Kier alpha value is -5.56. The number of hydrogen-bond donors (Lipinski definition) is 0. The largest absolute Gasteiger partial charge is 0.452 e. The van der Waals surface area contributed by atoms with Gasteiger partial charge in [0.15, 0.2) is 5.58 Å². The second-order valence-corrected chi connectivity index (χ2v) is 13.8. The minimum absolute atomic E-state index is 0.642. The van der Waals surface area contributed by atoms with E-state index in [0.717, 1.165) is 38.8 Å². The van der Waals surface area contributed by atoms with Crippen molar-refractivity contribution < 1.29 is 4.42 Å². The van der Waals surface area contributed by atoms with Crippen molar-refractivity contribution >= 4 is 107 Å². The van der Waals surface area contributed by atoms with Gasteiger partial charge in [-0.15, -0.1) is 22.7 Å². The third-order valence-electron chi connectivity index (χ3n) is 9.25. The molecule has 0 aliphatic heterocycles. The molecule has 214 valence electrons.